The topological polar surface area (TPSA) is 47.3 Å². The number of para-hydroxylation sites is 1. The van der Waals surface area contributed by atoms with Crippen molar-refractivity contribution >= 4 is 17.3 Å². The second-order valence-corrected chi connectivity index (χ2v) is 3.85. The third-order valence-electron chi connectivity index (χ3n) is 2.41. The molecule has 0 saturated carbocycles. The first-order valence-corrected chi connectivity index (χ1v) is 5.02. The molecular formula is C10H13ClN2O. The lowest BCUT2D eigenvalue weighted by molar-refractivity contribution is 0.182. The van der Waals surface area contributed by atoms with E-state index in [9.17, 15) is 0 Å². The molecule has 0 amide bonds. The van der Waals surface area contributed by atoms with Gasteiger partial charge < -0.3 is 15.8 Å². The van der Waals surface area contributed by atoms with Crippen LogP contribution in [-0.2, 0) is 0 Å². The van der Waals surface area contributed by atoms with Gasteiger partial charge in [0.1, 0.15) is 6.10 Å². The fourth-order valence-electron chi connectivity index (χ4n) is 1.59. The molecule has 0 saturated heterocycles. The average molecular weight is 213 g/mol. The van der Waals surface area contributed by atoms with Crippen molar-refractivity contribution in [3.05, 3.63) is 23.2 Å². The molecule has 0 fully saturated rings. The van der Waals surface area contributed by atoms with Gasteiger partial charge in [0.05, 0.1) is 16.8 Å². The highest BCUT2D eigenvalue weighted by Gasteiger charge is 2.26. The third-order valence-corrected chi connectivity index (χ3v) is 2.71. The monoisotopic (exact) mass is 212 g/mol. The highest BCUT2D eigenvalue weighted by Crippen LogP contribution is 2.37. The average Bonchev–Trinajstić information content (AvgIpc) is 2.17. The Hall–Kier alpha value is -0.930. The van der Waals surface area contributed by atoms with E-state index in [0.29, 0.717) is 17.3 Å². The first-order chi connectivity index (χ1) is 6.72. The summed E-state index contributed by atoms with van der Waals surface area (Å²) in [6.07, 6.45) is -0.0117. The number of anilines is 1. The zero-order valence-corrected chi connectivity index (χ0v) is 8.71. The van der Waals surface area contributed by atoms with Gasteiger partial charge in [-0.1, -0.05) is 17.7 Å². The van der Waals surface area contributed by atoms with Crippen LogP contribution in [0.5, 0.6) is 5.75 Å². The Kier molecular flexibility index (Phi) is 2.52. The molecule has 3 nitrogen and oxygen atoms in total. The van der Waals surface area contributed by atoms with Gasteiger partial charge in [0, 0.05) is 6.54 Å². The molecule has 0 aliphatic carbocycles. The maximum Gasteiger partial charge on any atom is 0.161 e. The van der Waals surface area contributed by atoms with Crippen LogP contribution in [0.3, 0.4) is 0 Å². The highest BCUT2D eigenvalue weighted by atomic mass is 35.5. The number of benzene rings is 1. The zero-order chi connectivity index (χ0) is 10.1. The minimum atomic E-state index is -0.0117. The number of rotatable bonds is 1. The second-order valence-electron chi connectivity index (χ2n) is 3.44. The number of halogens is 1. The van der Waals surface area contributed by atoms with Crippen LogP contribution in [0.25, 0.3) is 0 Å². The predicted octanol–water partition coefficient (Wildman–Crippen LogP) is 1.86. The van der Waals surface area contributed by atoms with Crippen molar-refractivity contribution < 1.29 is 4.74 Å². The lowest BCUT2D eigenvalue weighted by atomic mass is 10.1. The van der Waals surface area contributed by atoms with Gasteiger partial charge in [-0.3, -0.25) is 0 Å². The normalized spacial score (nSPS) is 24.8. The van der Waals surface area contributed by atoms with Crippen molar-refractivity contribution in [3.8, 4) is 5.75 Å². The van der Waals surface area contributed by atoms with E-state index in [-0.39, 0.29) is 12.1 Å². The molecular weight excluding hydrogens is 200 g/mol. The minimum Gasteiger partial charge on any atom is -0.483 e. The summed E-state index contributed by atoms with van der Waals surface area (Å²) in [6, 6.07) is 5.87. The molecule has 4 heteroatoms. The van der Waals surface area contributed by atoms with E-state index < -0.39 is 0 Å². The summed E-state index contributed by atoms with van der Waals surface area (Å²) in [4.78, 5) is 0. The summed E-state index contributed by atoms with van der Waals surface area (Å²) in [5.74, 6) is 0.711. The molecule has 0 spiro atoms. The largest absolute Gasteiger partial charge is 0.483 e. The summed E-state index contributed by atoms with van der Waals surface area (Å²) in [5, 5.41) is 3.94. The van der Waals surface area contributed by atoms with Crippen molar-refractivity contribution in [2.75, 3.05) is 11.9 Å². The molecule has 1 aromatic carbocycles. The third kappa shape index (κ3) is 1.53. The molecule has 14 heavy (non-hydrogen) atoms. The summed E-state index contributed by atoms with van der Waals surface area (Å²) < 4.78 is 5.70. The quantitative estimate of drug-likeness (QED) is 0.747. The molecule has 1 aromatic rings. The van der Waals surface area contributed by atoms with Crippen molar-refractivity contribution in [1.82, 2.24) is 0 Å². The maximum atomic E-state index is 6.01. The van der Waals surface area contributed by atoms with E-state index in [1.807, 2.05) is 25.1 Å². The molecule has 76 valence electrons. The van der Waals surface area contributed by atoms with Gasteiger partial charge in [0.25, 0.3) is 0 Å². The first kappa shape index (κ1) is 9.62. The van der Waals surface area contributed by atoms with E-state index >= 15 is 0 Å². The molecule has 0 bridgehead atoms. The molecule has 0 radical (unpaired) electrons. The second kappa shape index (κ2) is 3.67. The molecule has 3 N–H and O–H groups in total. The fraction of sp³-hybridized carbons (Fsp3) is 0.400. The molecule has 1 aliphatic heterocycles. The van der Waals surface area contributed by atoms with Crippen LogP contribution in [0, 0.1) is 0 Å². The van der Waals surface area contributed by atoms with Crippen molar-refractivity contribution in [2.24, 2.45) is 5.73 Å². The van der Waals surface area contributed by atoms with Gasteiger partial charge in [-0.15, -0.1) is 0 Å². The fourth-order valence-corrected chi connectivity index (χ4v) is 1.81. The Labute approximate surface area is 88.2 Å². The summed E-state index contributed by atoms with van der Waals surface area (Å²) >= 11 is 6.01. The van der Waals surface area contributed by atoms with E-state index in [1.165, 1.54) is 0 Å². The Morgan fingerprint density at radius 1 is 1.57 bits per heavy atom. The van der Waals surface area contributed by atoms with E-state index in [1.54, 1.807) is 0 Å². The summed E-state index contributed by atoms with van der Waals surface area (Å²) in [6.45, 7) is 2.53. The van der Waals surface area contributed by atoms with Crippen LogP contribution in [-0.4, -0.2) is 18.7 Å². The van der Waals surface area contributed by atoms with Crippen LogP contribution in [0.1, 0.15) is 6.92 Å². The SMILES string of the molecule is CC1Nc2cccc(Cl)c2OC1CN. The van der Waals surface area contributed by atoms with Gasteiger partial charge in [0.2, 0.25) is 0 Å². The molecule has 1 heterocycles. The standard InChI is InChI=1S/C10H13ClN2O/c1-6-9(5-12)14-10-7(11)3-2-4-8(10)13-6/h2-4,6,9,13H,5,12H2,1H3. The smallest absolute Gasteiger partial charge is 0.161 e. The van der Waals surface area contributed by atoms with Crippen LogP contribution in [0.15, 0.2) is 18.2 Å². The van der Waals surface area contributed by atoms with Gasteiger partial charge in [-0.2, -0.15) is 0 Å². The van der Waals surface area contributed by atoms with E-state index in [0.717, 1.165) is 5.69 Å². The van der Waals surface area contributed by atoms with Gasteiger partial charge in [-0.05, 0) is 19.1 Å². The number of hydrogen-bond acceptors (Lipinski definition) is 3. The van der Waals surface area contributed by atoms with Crippen molar-refractivity contribution in [2.45, 2.75) is 19.1 Å². The first-order valence-electron chi connectivity index (χ1n) is 4.64. The Morgan fingerprint density at radius 3 is 3.07 bits per heavy atom. The van der Waals surface area contributed by atoms with Gasteiger partial charge in [0.15, 0.2) is 5.75 Å². The molecule has 2 rings (SSSR count). The molecule has 1 aliphatic rings. The number of hydrogen-bond donors (Lipinski definition) is 2. The highest BCUT2D eigenvalue weighted by molar-refractivity contribution is 6.32. The van der Waals surface area contributed by atoms with E-state index in [2.05, 4.69) is 5.32 Å². The summed E-state index contributed by atoms with van der Waals surface area (Å²) in [7, 11) is 0. The number of nitrogens with two attached hydrogens (primary N) is 1. The van der Waals surface area contributed by atoms with Crippen LogP contribution >= 0.6 is 11.6 Å². The van der Waals surface area contributed by atoms with Crippen molar-refractivity contribution in [3.63, 3.8) is 0 Å². The Morgan fingerprint density at radius 2 is 2.36 bits per heavy atom. The van der Waals surface area contributed by atoms with Crippen LogP contribution in [0.4, 0.5) is 5.69 Å². The van der Waals surface area contributed by atoms with Crippen molar-refractivity contribution in [1.29, 1.82) is 0 Å². The number of nitrogens with one attached hydrogen (secondary N) is 1. The molecule has 2 unspecified atom stereocenters. The predicted molar refractivity (Wildman–Crippen MR) is 58.0 cm³/mol. The number of ether oxygens (including phenoxy) is 1. The Bertz CT molecular complexity index is 343. The van der Waals surface area contributed by atoms with Crippen LogP contribution < -0.4 is 15.8 Å². The van der Waals surface area contributed by atoms with Crippen LogP contribution in [0.2, 0.25) is 5.02 Å². The number of fused-ring (bicyclic) bond motifs is 1. The summed E-state index contributed by atoms with van der Waals surface area (Å²) in [5.41, 5.74) is 6.53. The molecule has 0 aromatic heterocycles. The Balaban J connectivity index is 2.36. The lowest BCUT2D eigenvalue weighted by Gasteiger charge is -2.32. The lowest BCUT2D eigenvalue weighted by Crippen LogP contribution is -2.44. The van der Waals surface area contributed by atoms with Gasteiger partial charge in [-0.25, -0.2) is 0 Å². The van der Waals surface area contributed by atoms with Gasteiger partial charge >= 0.3 is 0 Å². The minimum absolute atomic E-state index is 0.0117. The zero-order valence-electron chi connectivity index (χ0n) is 7.96. The molecule has 2 atom stereocenters. The maximum absolute atomic E-state index is 6.01. The van der Waals surface area contributed by atoms with E-state index in [4.69, 9.17) is 22.1 Å².